The molecule has 29 heavy (non-hydrogen) atoms. The molecule has 1 aliphatic rings. The largest absolute Gasteiger partial charge is 0.416 e. The standard InChI is InChI=1S/C19H19ClF4N4O/c20-16-2-1-14(19(22,23)24)8-17(16)26-18(29)12-28-5-3-27(4-6-28)11-13-7-15(21)10-25-9-13/h1-2,7-10H,3-6,11-12H2,(H,26,29). The molecule has 5 nitrogen and oxygen atoms in total. The van der Waals surface area contributed by atoms with Crippen LogP contribution in [-0.4, -0.2) is 53.4 Å². The lowest BCUT2D eigenvalue weighted by molar-refractivity contribution is -0.137. The molecule has 1 aromatic heterocycles. The van der Waals surface area contributed by atoms with Crippen LogP contribution in [0.2, 0.25) is 5.02 Å². The number of aromatic nitrogens is 1. The molecule has 0 unspecified atom stereocenters. The summed E-state index contributed by atoms with van der Waals surface area (Å²) < 4.78 is 51.7. The SMILES string of the molecule is O=C(CN1CCN(Cc2cncc(F)c2)CC1)Nc1cc(C(F)(F)F)ccc1Cl. The van der Waals surface area contributed by atoms with Crippen molar-refractivity contribution in [2.45, 2.75) is 12.7 Å². The highest BCUT2D eigenvalue weighted by molar-refractivity contribution is 6.33. The van der Waals surface area contributed by atoms with Crippen LogP contribution in [-0.2, 0) is 17.5 Å². The predicted octanol–water partition coefficient (Wildman–Crippen LogP) is 3.65. The number of carbonyl (C=O) groups is 1. The molecule has 2 heterocycles. The van der Waals surface area contributed by atoms with E-state index in [9.17, 15) is 22.4 Å². The summed E-state index contributed by atoms with van der Waals surface area (Å²) in [5.41, 5.74) is -0.170. The first kappa shape index (κ1) is 21.5. The molecule has 2 aromatic rings. The van der Waals surface area contributed by atoms with Gasteiger partial charge in [-0.25, -0.2) is 4.39 Å². The lowest BCUT2D eigenvalue weighted by atomic mass is 10.2. The minimum absolute atomic E-state index is 0.0415. The zero-order valence-electron chi connectivity index (χ0n) is 15.3. The zero-order valence-corrected chi connectivity index (χ0v) is 16.1. The Balaban J connectivity index is 1.50. The minimum Gasteiger partial charge on any atom is -0.324 e. The number of anilines is 1. The average molecular weight is 431 g/mol. The second-order valence-corrected chi connectivity index (χ2v) is 7.21. The Bertz CT molecular complexity index is 870. The Morgan fingerprint density at radius 3 is 2.45 bits per heavy atom. The van der Waals surface area contributed by atoms with E-state index >= 15 is 0 Å². The molecule has 3 rings (SSSR count). The van der Waals surface area contributed by atoms with Gasteiger partial charge in [0.1, 0.15) is 5.82 Å². The van der Waals surface area contributed by atoms with E-state index in [2.05, 4.69) is 15.2 Å². The highest BCUT2D eigenvalue weighted by atomic mass is 35.5. The number of nitrogens with zero attached hydrogens (tertiary/aromatic N) is 3. The van der Waals surface area contributed by atoms with Crippen molar-refractivity contribution in [2.24, 2.45) is 0 Å². The number of nitrogens with one attached hydrogen (secondary N) is 1. The van der Waals surface area contributed by atoms with Crippen molar-refractivity contribution < 1.29 is 22.4 Å². The highest BCUT2D eigenvalue weighted by Gasteiger charge is 2.31. The molecule has 0 saturated carbocycles. The number of hydrogen-bond donors (Lipinski definition) is 1. The van der Waals surface area contributed by atoms with Crippen LogP contribution >= 0.6 is 11.6 Å². The molecule has 0 bridgehead atoms. The first-order valence-corrected chi connectivity index (χ1v) is 9.29. The van der Waals surface area contributed by atoms with Gasteiger partial charge in [0, 0.05) is 38.9 Å². The highest BCUT2D eigenvalue weighted by Crippen LogP contribution is 2.33. The summed E-state index contributed by atoms with van der Waals surface area (Å²) in [7, 11) is 0. The van der Waals surface area contributed by atoms with Crippen LogP contribution in [0.5, 0.6) is 0 Å². The summed E-state index contributed by atoms with van der Waals surface area (Å²) in [6.07, 6.45) is -1.75. The van der Waals surface area contributed by atoms with Crippen LogP contribution in [0.3, 0.4) is 0 Å². The summed E-state index contributed by atoms with van der Waals surface area (Å²) >= 11 is 5.91. The van der Waals surface area contributed by atoms with Crippen molar-refractivity contribution in [3.63, 3.8) is 0 Å². The number of rotatable bonds is 5. The number of benzene rings is 1. The van der Waals surface area contributed by atoms with E-state index in [4.69, 9.17) is 11.6 Å². The molecule has 0 spiro atoms. The maximum atomic E-state index is 13.2. The lowest BCUT2D eigenvalue weighted by Gasteiger charge is -2.34. The Kier molecular flexibility index (Phi) is 6.71. The van der Waals surface area contributed by atoms with Gasteiger partial charge < -0.3 is 5.32 Å². The van der Waals surface area contributed by atoms with Gasteiger partial charge in [-0.1, -0.05) is 11.6 Å². The van der Waals surface area contributed by atoms with Crippen LogP contribution < -0.4 is 5.32 Å². The Hall–Kier alpha value is -2.23. The van der Waals surface area contributed by atoms with Gasteiger partial charge in [-0.05, 0) is 29.8 Å². The van der Waals surface area contributed by atoms with Crippen LogP contribution in [0.25, 0.3) is 0 Å². The summed E-state index contributed by atoms with van der Waals surface area (Å²) in [5, 5.41) is 2.49. The van der Waals surface area contributed by atoms with E-state index < -0.39 is 17.6 Å². The number of hydrogen-bond acceptors (Lipinski definition) is 4. The molecular weight excluding hydrogens is 412 g/mol. The van der Waals surface area contributed by atoms with Crippen LogP contribution in [0.15, 0.2) is 36.7 Å². The molecule has 1 aromatic carbocycles. The second kappa shape index (κ2) is 9.06. The monoisotopic (exact) mass is 430 g/mol. The van der Waals surface area contributed by atoms with Gasteiger partial charge in [-0.2, -0.15) is 13.2 Å². The van der Waals surface area contributed by atoms with Gasteiger partial charge in [-0.15, -0.1) is 0 Å². The van der Waals surface area contributed by atoms with Crippen molar-refractivity contribution in [1.82, 2.24) is 14.8 Å². The topological polar surface area (TPSA) is 48.5 Å². The van der Waals surface area contributed by atoms with Crippen molar-refractivity contribution in [1.29, 1.82) is 0 Å². The number of alkyl halides is 3. The molecule has 1 amide bonds. The number of amides is 1. The molecule has 10 heteroatoms. The van der Waals surface area contributed by atoms with Gasteiger partial charge >= 0.3 is 6.18 Å². The summed E-state index contributed by atoms with van der Waals surface area (Å²) in [6.45, 7) is 3.16. The Morgan fingerprint density at radius 2 is 1.79 bits per heavy atom. The molecule has 156 valence electrons. The molecule has 0 aliphatic carbocycles. The average Bonchev–Trinajstić information content (AvgIpc) is 2.64. The summed E-state index contributed by atoms with van der Waals surface area (Å²) in [6, 6.07) is 4.24. The van der Waals surface area contributed by atoms with Gasteiger partial charge in [0.25, 0.3) is 0 Å². The smallest absolute Gasteiger partial charge is 0.324 e. The van der Waals surface area contributed by atoms with Crippen LogP contribution in [0.1, 0.15) is 11.1 Å². The lowest BCUT2D eigenvalue weighted by Crippen LogP contribution is -2.48. The first-order chi connectivity index (χ1) is 13.7. The molecule has 0 atom stereocenters. The van der Waals surface area contributed by atoms with Crippen molar-refractivity contribution in [3.8, 4) is 0 Å². The fourth-order valence-electron chi connectivity index (χ4n) is 3.10. The Labute approximate surface area is 170 Å². The quantitative estimate of drug-likeness (QED) is 0.736. The predicted molar refractivity (Wildman–Crippen MR) is 101 cm³/mol. The van der Waals surface area contributed by atoms with E-state index in [1.807, 2.05) is 4.90 Å². The maximum absolute atomic E-state index is 13.2. The van der Waals surface area contributed by atoms with E-state index in [0.717, 1.165) is 30.0 Å². The summed E-state index contributed by atoms with van der Waals surface area (Å²) in [4.78, 5) is 20.1. The maximum Gasteiger partial charge on any atom is 0.416 e. The van der Waals surface area contributed by atoms with E-state index in [0.29, 0.717) is 32.7 Å². The molecule has 0 radical (unpaired) electrons. The number of pyridine rings is 1. The molecule has 1 fully saturated rings. The third-order valence-corrected chi connectivity index (χ3v) is 4.90. The van der Waals surface area contributed by atoms with Gasteiger partial charge in [0.15, 0.2) is 0 Å². The van der Waals surface area contributed by atoms with E-state index in [1.165, 1.54) is 6.07 Å². The normalized spacial score (nSPS) is 16.0. The van der Waals surface area contributed by atoms with Gasteiger partial charge in [0.2, 0.25) is 5.91 Å². The second-order valence-electron chi connectivity index (χ2n) is 6.80. The van der Waals surface area contributed by atoms with Crippen molar-refractivity contribution >= 4 is 23.2 Å². The molecule has 1 aliphatic heterocycles. The number of piperazine rings is 1. The molecule has 1 saturated heterocycles. The third-order valence-electron chi connectivity index (χ3n) is 4.57. The molecule has 1 N–H and O–H groups in total. The Morgan fingerprint density at radius 1 is 1.10 bits per heavy atom. The first-order valence-electron chi connectivity index (χ1n) is 8.91. The third kappa shape index (κ3) is 6.12. The summed E-state index contributed by atoms with van der Waals surface area (Å²) in [5.74, 6) is -0.819. The van der Waals surface area contributed by atoms with E-state index in [-0.39, 0.29) is 23.1 Å². The van der Waals surface area contributed by atoms with Gasteiger partial charge in [-0.3, -0.25) is 19.6 Å². The number of carbonyl (C=O) groups excluding carboxylic acids is 1. The van der Waals surface area contributed by atoms with Crippen molar-refractivity contribution in [3.05, 3.63) is 58.6 Å². The van der Waals surface area contributed by atoms with Crippen LogP contribution in [0, 0.1) is 5.82 Å². The van der Waals surface area contributed by atoms with E-state index in [1.54, 1.807) is 6.20 Å². The zero-order chi connectivity index (χ0) is 21.0. The van der Waals surface area contributed by atoms with Gasteiger partial charge in [0.05, 0.1) is 29.0 Å². The fraction of sp³-hybridized carbons (Fsp3) is 0.368. The number of halogens is 5. The van der Waals surface area contributed by atoms with Crippen LogP contribution in [0.4, 0.5) is 23.2 Å². The van der Waals surface area contributed by atoms with Crippen molar-refractivity contribution in [2.75, 3.05) is 38.0 Å². The minimum atomic E-state index is -4.52. The fourth-order valence-corrected chi connectivity index (χ4v) is 3.26. The molecular formula is C19H19ClF4N4O.